The van der Waals surface area contributed by atoms with E-state index in [-0.39, 0.29) is 5.91 Å². The van der Waals surface area contributed by atoms with Crippen molar-refractivity contribution in [2.24, 2.45) is 5.10 Å². The van der Waals surface area contributed by atoms with Crippen LogP contribution in [0.4, 0.5) is 0 Å². The first-order chi connectivity index (χ1) is 15.6. The number of carbonyl (C=O) groups excluding carboxylic acids is 1. The lowest BCUT2D eigenvalue weighted by atomic mass is 9.98. The van der Waals surface area contributed by atoms with Crippen LogP contribution in [0.25, 0.3) is 22.0 Å². The largest absolute Gasteiger partial charge is 0.494 e. The second kappa shape index (κ2) is 8.30. The van der Waals surface area contributed by atoms with Gasteiger partial charge in [0, 0.05) is 5.56 Å². The van der Waals surface area contributed by atoms with E-state index in [0.29, 0.717) is 18.0 Å². The predicted octanol–water partition coefficient (Wildman–Crippen LogP) is 4.88. The van der Waals surface area contributed by atoms with Gasteiger partial charge in [0.05, 0.1) is 18.0 Å². The van der Waals surface area contributed by atoms with Gasteiger partial charge in [-0.3, -0.25) is 9.89 Å². The third-order valence-corrected chi connectivity index (χ3v) is 5.88. The molecule has 0 aliphatic heterocycles. The number of hydrogen-bond donors (Lipinski definition) is 2. The minimum Gasteiger partial charge on any atom is -0.494 e. The molecule has 2 N–H and O–H groups in total. The molecular formula is C26H24N4O2. The lowest BCUT2D eigenvalue weighted by Crippen LogP contribution is -2.19. The first kappa shape index (κ1) is 20.0. The zero-order chi connectivity index (χ0) is 22.1. The van der Waals surface area contributed by atoms with E-state index in [0.717, 1.165) is 35.4 Å². The monoisotopic (exact) mass is 424 g/mol. The minimum atomic E-state index is -0.333. The minimum absolute atomic E-state index is 0.333. The number of hydrazone groups is 1. The van der Waals surface area contributed by atoms with Gasteiger partial charge in [-0.25, -0.2) is 5.43 Å². The number of aromatic amines is 1. The fraction of sp³-hybridized carbons (Fsp3) is 0.192. The Labute approximate surface area is 186 Å². The first-order valence-corrected chi connectivity index (χ1v) is 10.8. The molecule has 3 aromatic carbocycles. The topological polar surface area (TPSA) is 79.4 Å². The third-order valence-electron chi connectivity index (χ3n) is 5.88. The zero-order valence-corrected chi connectivity index (χ0v) is 18.1. The van der Waals surface area contributed by atoms with E-state index in [1.165, 1.54) is 21.9 Å². The number of ether oxygens (including phenoxy) is 1. The summed E-state index contributed by atoms with van der Waals surface area (Å²) in [4.78, 5) is 12.6. The molecule has 6 nitrogen and oxygen atoms in total. The second-order valence-corrected chi connectivity index (χ2v) is 7.87. The van der Waals surface area contributed by atoms with Crippen molar-refractivity contribution in [2.75, 3.05) is 6.61 Å². The summed E-state index contributed by atoms with van der Waals surface area (Å²) in [5.74, 6) is 0.473. The molecule has 1 amide bonds. The summed E-state index contributed by atoms with van der Waals surface area (Å²) in [5.41, 5.74) is 9.13. The van der Waals surface area contributed by atoms with Gasteiger partial charge in [0.25, 0.3) is 5.91 Å². The smallest absolute Gasteiger partial charge is 0.289 e. The number of benzene rings is 3. The number of nitrogens with one attached hydrogen (secondary N) is 2. The van der Waals surface area contributed by atoms with Crippen LogP contribution in [0.3, 0.4) is 0 Å². The maximum Gasteiger partial charge on any atom is 0.289 e. The number of rotatable bonds is 6. The molecule has 32 heavy (non-hydrogen) atoms. The lowest BCUT2D eigenvalue weighted by Gasteiger charge is -2.06. The number of hydrogen-bond acceptors (Lipinski definition) is 4. The molecule has 0 radical (unpaired) electrons. The summed E-state index contributed by atoms with van der Waals surface area (Å²) in [6.45, 7) is 4.42. The van der Waals surface area contributed by atoms with Gasteiger partial charge in [-0.1, -0.05) is 30.3 Å². The van der Waals surface area contributed by atoms with Gasteiger partial charge < -0.3 is 4.74 Å². The Morgan fingerprint density at radius 1 is 1.09 bits per heavy atom. The summed E-state index contributed by atoms with van der Waals surface area (Å²) >= 11 is 0. The second-order valence-electron chi connectivity index (χ2n) is 7.87. The summed E-state index contributed by atoms with van der Waals surface area (Å²) in [7, 11) is 0. The molecule has 1 heterocycles. The molecule has 0 bridgehead atoms. The maximum absolute atomic E-state index is 12.6. The Morgan fingerprint density at radius 3 is 2.66 bits per heavy atom. The number of amides is 1. The van der Waals surface area contributed by atoms with Crippen LogP contribution in [0.15, 0.2) is 65.8 Å². The molecule has 1 aromatic heterocycles. The Morgan fingerprint density at radius 2 is 1.88 bits per heavy atom. The number of aromatic nitrogens is 2. The predicted molar refractivity (Wildman–Crippen MR) is 126 cm³/mol. The van der Waals surface area contributed by atoms with Crippen LogP contribution < -0.4 is 10.2 Å². The molecule has 1 aliphatic carbocycles. The Hall–Kier alpha value is -3.93. The maximum atomic E-state index is 12.6. The van der Waals surface area contributed by atoms with Crippen molar-refractivity contribution in [2.45, 2.75) is 26.7 Å². The molecule has 6 heteroatoms. The van der Waals surface area contributed by atoms with Gasteiger partial charge >= 0.3 is 0 Å². The van der Waals surface area contributed by atoms with Crippen LogP contribution in [0.5, 0.6) is 5.75 Å². The van der Waals surface area contributed by atoms with Crippen LogP contribution in [0.2, 0.25) is 0 Å². The van der Waals surface area contributed by atoms with Gasteiger partial charge in [0.15, 0.2) is 0 Å². The van der Waals surface area contributed by atoms with Crippen molar-refractivity contribution in [3.63, 3.8) is 0 Å². The fourth-order valence-corrected chi connectivity index (χ4v) is 4.26. The Kier molecular flexibility index (Phi) is 5.19. The summed E-state index contributed by atoms with van der Waals surface area (Å²) in [6.07, 6.45) is 2.16. The first-order valence-electron chi connectivity index (χ1n) is 10.8. The number of aryl methyl sites for hydroxylation is 2. The molecule has 0 saturated carbocycles. The molecule has 0 unspecified atom stereocenters. The lowest BCUT2D eigenvalue weighted by molar-refractivity contribution is 0.0950. The van der Waals surface area contributed by atoms with Crippen LogP contribution in [-0.2, 0) is 12.8 Å². The van der Waals surface area contributed by atoms with E-state index >= 15 is 0 Å². The van der Waals surface area contributed by atoms with Crippen molar-refractivity contribution < 1.29 is 9.53 Å². The van der Waals surface area contributed by atoms with E-state index in [1.807, 2.05) is 38.1 Å². The van der Waals surface area contributed by atoms with Crippen molar-refractivity contribution >= 4 is 22.4 Å². The van der Waals surface area contributed by atoms with E-state index in [4.69, 9.17) is 4.74 Å². The number of H-pyrrole nitrogens is 1. The fourth-order valence-electron chi connectivity index (χ4n) is 4.26. The van der Waals surface area contributed by atoms with E-state index in [9.17, 15) is 4.79 Å². The van der Waals surface area contributed by atoms with Gasteiger partial charge in [0.2, 0.25) is 0 Å². The molecule has 5 rings (SSSR count). The standard InChI is InChI=1S/C26H24N4O2/c1-3-32-20-12-9-17(10-13-20)16(2)27-30-26(31)24-15-23(28-29-24)21-14-11-19-8-7-18-5-4-6-22(21)25(18)19/h4-6,9-15H,3,7-8H2,1-2H3,(H,28,29)(H,30,31)/b27-16-. The number of carbonyl (C=O) groups is 1. The van der Waals surface area contributed by atoms with Crippen molar-refractivity contribution in [3.05, 3.63) is 83.0 Å². The molecule has 160 valence electrons. The van der Waals surface area contributed by atoms with Gasteiger partial charge in [0.1, 0.15) is 11.4 Å². The van der Waals surface area contributed by atoms with Crippen LogP contribution in [0, 0.1) is 0 Å². The highest BCUT2D eigenvalue weighted by atomic mass is 16.5. The van der Waals surface area contributed by atoms with Crippen LogP contribution in [0.1, 0.15) is 41.0 Å². The van der Waals surface area contributed by atoms with Gasteiger partial charge in [-0.15, -0.1) is 0 Å². The van der Waals surface area contributed by atoms with Crippen LogP contribution >= 0.6 is 0 Å². The van der Waals surface area contributed by atoms with Crippen LogP contribution in [-0.4, -0.2) is 28.4 Å². The van der Waals surface area contributed by atoms with Gasteiger partial charge in [-0.2, -0.15) is 10.2 Å². The summed E-state index contributed by atoms with van der Waals surface area (Å²) < 4.78 is 5.46. The normalized spacial score (nSPS) is 12.9. The highest BCUT2D eigenvalue weighted by Gasteiger charge is 2.18. The highest BCUT2D eigenvalue weighted by molar-refractivity contribution is 6.03. The highest BCUT2D eigenvalue weighted by Crippen LogP contribution is 2.36. The van der Waals surface area contributed by atoms with Crippen molar-refractivity contribution in [1.29, 1.82) is 0 Å². The number of nitrogens with zero attached hydrogens (tertiary/aromatic N) is 2. The molecule has 0 spiro atoms. The average Bonchev–Trinajstić information content (AvgIpc) is 3.47. The third kappa shape index (κ3) is 3.64. The quantitative estimate of drug-likeness (QED) is 0.342. The SMILES string of the molecule is CCOc1ccc(/C(C)=N\NC(=O)c2cc(-c3ccc4c5c(cccc35)CC4)n[nH]2)cc1. The van der Waals surface area contributed by atoms with E-state index in [2.05, 4.69) is 51.1 Å². The average molecular weight is 425 g/mol. The molecule has 0 atom stereocenters. The van der Waals surface area contributed by atoms with Crippen molar-refractivity contribution in [1.82, 2.24) is 15.6 Å². The molecule has 4 aromatic rings. The Bertz CT molecular complexity index is 1330. The zero-order valence-electron chi connectivity index (χ0n) is 18.1. The van der Waals surface area contributed by atoms with E-state index in [1.54, 1.807) is 6.07 Å². The molecule has 0 saturated heterocycles. The molecule has 0 fully saturated rings. The Balaban J connectivity index is 1.35. The summed E-state index contributed by atoms with van der Waals surface area (Å²) in [6, 6.07) is 20.1. The van der Waals surface area contributed by atoms with Crippen molar-refractivity contribution in [3.8, 4) is 17.0 Å². The molecular weight excluding hydrogens is 400 g/mol. The summed E-state index contributed by atoms with van der Waals surface area (Å²) in [5, 5.41) is 14.0. The van der Waals surface area contributed by atoms with Gasteiger partial charge in [-0.05, 0) is 84.5 Å². The van der Waals surface area contributed by atoms with E-state index < -0.39 is 0 Å². The molecule has 1 aliphatic rings.